The van der Waals surface area contributed by atoms with Crippen molar-refractivity contribution >= 4 is 34.9 Å². The number of alkyl halides is 4. The summed E-state index contributed by atoms with van der Waals surface area (Å²) in [5.74, 6) is 0.148. The molecule has 0 bridgehead atoms. The summed E-state index contributed by atoms with van der Waals surface area (Å²) in [5.41, 5.74) is -1.14. The van der Waals surface area contributed by atoms with E-state index in [1.54, 1.807) is 6.08 Å². The van der Waals surface area contributed by atoms with Gasteiger partial charge in [0.1, 0.15) is 11.5 Å². The lowest BCUT2D eigenvalue weighted by Gasteiger charge is -2.17. The molecule has 1 aromatic carbocycles. The smallest absolute Gasteiger partial charge is 0.327 e. The molecule has 1 aromatic heterocycles. The highest BCUT2D eigenvalue weighted by Crippen LogP contribution is 2.57. The summed E-state index contributed by atoms with van der Waals surface area (Å²) in [6.45, 7) is 0. The van der Waals surface area contributed by atoms with Gasteiger partial charge < -0.3 is 9.84 Å². The zero-order valence-corrected chi connectivity index (χ0v) is 15.4. The molecule has 1 atom stereocenters. The second kappa shape index (κ2) is 7.00. The molecule has 142 valence electrons. The first-order valence-corrected chi connectivity index (χ1v) is 9.90. The van der Waals surface area contributed by atoms with Gasteiger partial charge >= 0.3 is 5.25 Å². The quantitative estimate of drug-likeness (QED) is 0.736. The Morgan fingerprint density at radius 3 is 2.78 bits per heavy atom. The number of aliphatic hydroxyl groups is 1. The molecule has 0 saturated heterocycles. The fourth-order valence-electron chi connectivity index (χ4n) is 3.13. The first kappa shape index (κ1) is 18.6. The predicted molar refractivity (Wildman–Crippen MR) is 97.6 cm³/mol. The van der Waals surface area contributed by atoms with Crippen molar-refractivity contribution < 1.29 is 27.4 Å². The third-order valence-electron chi connectivity index (χ3n) is 4.38. The number of fused-ring (bicyclic) bond motifs is 2. The van der Waals surface area contributed by atoms with E-state index in [9.17, 15) is 22.7 Å². The van der Waals surface area contributed by atoms with Crippen molar-refractivity contribution in [2.45, 2.75) is 35.5 Å². The molecule has 1 N–H and O–H groups in total. The Labute approximate surface area is 160 Å². The molecule has 2 heterocycles. The molecule has 1 unspecified atom stereocenters. The third kappa shape index (κ3) is 3.30. The number of allylic oxidation sites excluding steroid dienone is 1. The Balaban J connectivity index is 1.87. The van der Waals surface area contributed by atoms with Gasteiger partial charge in [0, 0.05) is 20.2 Å². The minimum absolute atomic E-state index is 0.0575. The van der Waals surface area contributed by atoms with Gasteiger partial charge in [-0.05, 0) is 54.3 Å². The van der Waals surface area contributed by atoms with Crippen LogP contribution in [-0.4, -0.2) is 10.4 Å². The van der Waals surface area contributed by atoms with Crippen LogP contribution in [-0.2, 0) is 0 Å². The Morgan fingerprint density at radius 2 is 2.00 bits per heavy atom. The van der Waals surface area contributed by atoms with Gasteiger partial charge in [-0.3, -0.25) is 0 Å². The van der Waals surface area contributed by atoms with Crippen molar-refractivity contribution in [2.24, 2.45) is 0 Å². The molecule has 1 aliphatic carbocycles. The second-order valence-electron chi connectivity index (χ2n) is 6.10. The van der Waals surface area contributed by atoms with Gasteiger partial charge in [-0.25, -0.2) is 8.78 Å². The van der Waals surface area contributed by atoms with Crippen LogP contribution in [0.25, 0.3) is 11.8 Å². The predicted octanol–water partition coefficient (Wildman–Crippen LogP) is 4.74. The van der Waals surface area contributed by atoms with Crippen LogP contribution in [0.1, 0.15) is 36.5 Å². The summed E-state index contributed by atoms with van der Waals surface area (Å²) in [4.78, 5) is -0.0575. The maximum Gasteiger partial charge on any atom is 0.327 e. The van der Waals surface area contributed by atoms with Gasteiger partial charge in [-0.2, -0.15) is 8.78 Å². The van der Waals surface area contributed by atoms with E-state index in [-0.39, 0.29) is 22.4 Å². The molecule has 0 fully saturated rings. The fourth-order valence-corrected chi connectivity index (χ4v) is 4.98. The normalized spacial score (nSPS) is 25.1. The zero-order valence-electron chi connectivity index (χ0n) is 13.8. The van der Waals surface area contributed by atoms with Crippen molar-refractivity contribution in [1.82, 2.24) is 0 Å². The first-order chi connectivity index (χ1) is 12.9. The van der Waals surface area contributed by atoms with E-state index >= 15 is 0 Å². The van der Waals surface area contributed by atoms with Crippen LogP contribution >= 0.6 is 23.1 Å². The Hall–Kier alpha value is -1.77. The van der Waals surface area contributed by atoms with Crippen molar-refractivity contribution in [3.05, 3.63) is 56.6 Å². The average molecular weight is 414 g/mol. The molecule has 2 aliphatic rings. The topological polar surface area (TPSA) is 29.5 Å². The number of hydrogen-bond acceptors (Lipinski definition) is 4. The minimum atomic E-state index is -3.55. The van der Waals surface area contributed by atoms with Crippen molar-refractivity contribution in [1.29, 1.82) is 0 Å². The maximum atomic E-state index is 13.8. The molecule has 8 heteroatoms. The highest BCUT2D eigenvalue weighted by Gasteiger charge is 2.50. The number of thioether (sulfide) groups is 1. The van der Waals surface area contributed by atoms with E-state index < -0.39 is 28.9 Å². The molecular formula is C19H14F4O2S2. The Morgan fingerprint density at radius 1 is 1.19 bits per heavy atom. The number of aliphatic hydroxyl groups excluding tert-OH is 1. The van der Waals surface area contributed by atoms with Crippen molar-refractivity contribution in [3.8, 4) is 5.75 Å². The molecule has 2 aromatic rings. The number of thiophene rings is 1. The molecular weight excluding hydrogens is 400 g/mol. The lowest BCUT2D eigenvalue weighted by atomic mass is 10.0. The number of halogens is 4. The molecule has 27 heavy (non-hydrogen) atoms. The summed E-state index contributed by atoms with van der Waals surface area (Å²) in [7, 11) is 0. The standard InChI is InChI=1S/C19H14F4O2S2/c20-18(21)15-12(6-7-14-16(15)17(24)19(22,23)27-14)25-11-4-2-1-3-5-13-10(11)8-9-26-13/h2,4-9,17-18,24H,1,3H2/b4-2-,11-10+,13-5+. The monoisotopic (exact) mass is 414 g/mol. The Kier molecular flexibility index (Phi) is 4.82. The SMILES string of the molecule is OC1c2c(ccc(OC3=c4\ccs\c4=C\CC/C=C\3)c2C(F)F)SC1(F)F. The van der Waals surface area contributed by atoms with E-state index in [1.807, 2.05) is 23.6 Å². The van der Waals surface area contributed by atoms with Crippen LogP contribution in [0.15, 0.2) is 40.6 Å². The fraction of sp³-hybridized carbons (Fsp3) is 0.263. The van der Waals surface area contributed by atoms with Crippen molar-refractivity contribution in [3.63, 3.8) is 0 Å². The highest BCUT2D eigenvalue weighted by atomic mass is 32.2. The number of benzene rings is 1. The van der Waals surface area contributed by atoms with Gasteiger partial charge in [0.2, 0.25) is 0 Å². The number of hydrogen-bond donors (Lipinski definition) is 1. The lowest BCUT2D eigenvalue weighted by Crippen LogP contribution is -2.23. The van der Waals surface area contributed by atoms with E-state index in [2.05, 4.69) is 0 Å². The van der Waals surface area contributed by atoms with Crippen LogP contribution in [0.5, 0.6) is 5.75 Å². The first-order valence-electron chi connectivity index (χ1n) is 8.20. The maximum absolute atomic E-state index is 13.8. The minimum Gasteiger partial charge on any atom is -0.456 e. The molecule has 0 radical (unpaired) electrons. The second-order valence-corrected chi connectivity index (χ2v) is 8.24. The summed E-state index contributed by atoms with van der Waals surface area (Å²) < 4.78 is 61.9. The van der Waals surface area contributed by atoms with Gasteiger partial charge in [-0.1, -0.05) is 12.2 Å². The summed E-state index contributed by atoms with van der Waals surface area (Å²) in [6, 6.07) is 4.38. The van der Waals surface area contributed by atoms with E-state index in [4.69, 9.17) is 4.74 Å². The third-order valence-corrected chi connectivity index (χ3v) is 6.36. The molecule has 1 aliphatic heterocycles. The Bertz CT molecular complexity index is 1030. The number of ether oxygens (including phenoxy) is 1. The average Bonchev–Trinajstić information content (AvgIpc) is 3.13. The largest absolute Gasteiger partial charge is 0.456 e. The van der Waals surface area contributed by atoms with Crippen LogP contribution < -0.4 is 14.5 Å². The van der Waals surface area contributed by atoms with E-state index in [0.29, 0.717) is 5.76 Å². The molecule has 0 saturated carbocycles. The lowest BCUT2D eigenvalue weighted by molar-refractivity contribution is -0.0327. The van der Waals surface area contributed by atoms with Crippen LogP contribution in [0, 0.1) is 0 Å². The molecule has 4 rings (SSSR count). The molecule has 0 amide bonds. The van der Waals surface area contributed by atoms with Crippen molar-refractivity contribution in [2.75, 3.05) is 0 Å². The van der Waals surface area contributed by atoms with Crippen LogP contribution in [0.4, 0.5) is 17.6 Å². The zero-order chi connectivity index (χ0) is 19.2. The summed E-state index contributed by atoms with van der Waals surface area (Å²) in [6.07, 6.45) is 1.90. The number of rotatable bonds is 3. The van der Waals surface area contributed by atoms with Gasteiger partial charge in [0.25, 0.3) is 6.43 Å². The van der Waals surface area contributed by atoms with E-state index in [1.165, 1.54) is 23.5 Å². The molecule has 0 spiro atoms. The van der Waals surface area contributed by atoms with E-state index in [0.717, 1.165) is 22.6 Å². The van der Waals surface area contributed by atoms with Gasteiger partial charge in [0.15, 0.2) is 6.10 Å². The summed E-state index contributed by atoms with van der Waals surface area (Å²) >= 11 is 1.60. The van der Waals surface area contributed by atoms with Gasteiger partial charge in [-0.15, -0.1) is 11.3 Å². The van der Waals surface area contributed by atoms with Crippen LogP contribution in [0.2, 0.25) is 0 Å². The highest BCUT2D eigenvalue weighted by molar-refractivity contribution is 8.00. The molecule has 2 nitrogen and oxygen atoms in total. The van der Waals surface area contributed by atoms with Crippen LogP contribution in [0.3, 0.4) is 0 Å². The summed E-state index contributed by atoms with van der Waals surface area (Å²) in [5, 5.41) is 8.98. The van der Waals surface area contributed by atoms with Gasteiger partial charge in [0.05, 0.1) is 5.56 Å².